The second-order valence-electron chi connectivity index (χ2n) is 5.47. The summed E-state index contributed by atoms with van der Waals surface area (Å²) in [7, 11) is 0. The number of unbranched alkanes of at least 4 members (excludes halogenated alkanes) is 1. The lowest BCUT2D eigenvalue weighted by Gasteiger charge is -2.10. The zero-order valence-electron chi connectivity index (χ0n) is 16.2. The van der Waals surface area contributed by atoms with Gasteiger partial charge in [0.2, 0.25) is 6.08 Å². The average molecular weight is 400 g/mol. The van der Waals surface area contributed by atoms with Gasteiger partial charge in [0.05, 0.1) is 26.4 Å². The van der Waals surface area contributed by atoms with Gasteiger partial charge in [0.25, 0.3) is 6.26 Å². The molecule has 0 spiro atoms. The van der Waals surface area contributed by atoms with E-state index in [4.69, 9.17) is 24.2 Å². The molecule has 1 unspecified atom stereocenters. The van der Waals surface area contributed by atoms with Crippen molar-refractivity contribution in [2.24, 2.45) is 4.99 Å². The number of esters is 2. The van der Waals surface area contributed by atoms with Crippen LogP contribution in [-0.4, -0.2) is 70.3 Å². The van der Waals surface area contributed by atoms with Crippen LogP contribution < -0.4 is 0 Å². The first-order valence-electron chi connectivity index (χ1n) is 9.21. The third kappa shape index (κ3) is 15.8. The van der Waals surface area contributed by atoms with E-state index in [1.807, 2.05) is 6.92 Å². The minimum absolute atomic E-state index is 0.0151. The SMILES string of the molecule is CCOCCOCCOC(=O)CCCOC(=O)C(CCCCOC#N)N=C=O. The van der Waals surface area contributed by atoms with Crippen LogP contribution in [0.25, 0.3) is 0 Å². The largest absolute Gasteiger partial charge is 0.464 e. The molecular formula is C18H28N2O8. The highest BCUT2D eigenvalue weighted by molar-refractivity contribution is 5.77. The molecule has 0 bridgehead atoms. The molecule has 0 aliphatic carbocycles. The molecule has 0 saturated heterocycles. The van der Waals surface area contributed by atoms with Crippen LogP contribution in [0.2, 0.25) is 0 Å². The molecule has 0 rings (SSSR count). The van der Waals surface area contributed by atoms with Crippen LogP contribution in [0.5, 0.6) is 0 Å². The standard InChI is InChI=1S/C18H28N2O8/c1-2-24-10-11-25-12-13-27-17(22)7-5-9-28-18(23)16(20-15-21)6-3-4-8-26-14-19/h16H,2-13H2,1H3. The van der Waals surface area contributed by atoms with Crippen molar-refractivity contribution in [2.45, 2.75) is 45.1 Å². The van der Waals surface area contributed by atoms with E-state index in [1.54, 1.807) is 6.26 Å². The Morgan fingerprint density at radius 2 is 1.71 bits per heavy atom. The van der Waals surface area contributed by atoms with Crippen LogP contribution >= 0.6 is 0 Å². The Morgan fingerprint density at radius 3 is 2.43 bits per heavy atom. The van der Waals surface area contributed by atoms with Crippen LogP contribution in [0, 0.1) is 11.5 Å². The Hall–Kier alpha value is -2.47. The summed E-state index contributed by atoms with van der Waals surface area (Å²) >= 11 is 0. The average Bonchev–Trinajstić information content (AvgIpc) is 2.69. The fraction of sp³-hybridized carbons (Fsp3) is 0.778. The summed E-state index contributed by atoms with van der Waals surface area (Å²) in [5, 5.41) is 8.25. The maximum atomic E-state index is 11.9. The predicted octanol–water partition coefficient (Wildman–Crippen LogP) is 1.28. The van der Waals surface area contributed by atoms with Gasteiger partial charge in [-0.25, -0.2) is 9.59 Å². The van der Waals surface area contributed by atoms with Gasteiger partial charge in [0, 0.05) is 13.0 Å². The van der Waals surface area contributed by atoms with E-state index < -0.39 is 18.0 Å². The monoisotopic (exact) mass is 400 g/mol. The van der Waals surface area contributed by atoms with Gasteiger partial charge in [-0.15, -0.1) is 0 Å². The normalized spacial score (nSPS) is 11.0. The molecular weight excluding hydrogens is 372 g/mol. The fourth-order valence-corrected chi connectivity index (χ4v) is 1.99. The zero-order valence-corrected chi connectivity index (χ0v) is 16.2. The maximum absolute atomic E-state index is 11.9. The van der Waals surface area contributed by atoms with Gasteiger partial charge in [-0.3, -0.25) is 4.79 Å². The molecule has 0 aromatic rings. The second kappa shape index (κ2) is 19.3. The number of nitrogens with zero attached hydrogens (tertiary/aromatic N) is 2. The number of carbonyl (C=O) groups excluding carboxylic acids is 3. The topological polar surface area (TPSA) is 134 Å². The summed E-state index contributed by atoms with van der Waals surface area (Å²) in [6, 6.07) is -0.944. The molecule has 0 heterocycles. The van der Waals surface area contributed by atoms with Gasteiger partial charge in [0.1, 0.15) is 13.2 Å². The van der Waals surface area contributed by atoms with Crippen LogP contribution in [0.4, 0.5) is 0 Å². The Bertz CT molecular complexity index is 514. The molecule has 0 aromatic heterocycles. The summed E-state index contributed by atoms with van der Waals surface area (Å²) < 4.78 is 24.8. The molecule has 28 heavy (non-hydrogen) atoms. The van der Waals surface area contributed by atoms with Gasteiger partial charge in [0.15, 0.2) is 6.04 Å². The van der Waals surface area contributed by atoms with Crippen molar-refractivity contribution in [3.63, 3.8) is 0 Å². The lowest BCUT2D eigenvalue weighted by Crippen LogP contribution is -2.22. The Kier molecular flexibility index (Phi) is 17.6. The maximum Gasteiger partial charge on any atom is 0.331 e. The van der Waals surface area contributed by atoms with Gasteiger partial charge < -0.3 is 23.7 Å². The number of hydrogen-bond donors (Lipinski definition) is 0. The zero-order chi connectivity index (χ0) is 20.9. The number of nitriles is 1. The highest BCUT2D eigenvalue weighted by atomic mass is 16.6. The predicted molar refractivity (Wildman–Crippen MR) is 95.8 cm³/mol. The highest BCUT2D eigenvalue weighted by Gasteiger charge is 2.19. The third-order valence-electron chi connectivity index (χ3n) is 3.36. The number of hydrogen-bond acceptors (Lipinski definition) is 10. The van der Waals surface area contributed by atoms with E-state index in [-0.39, 0.29) is 32.7 Å². The molecule has 0 N–H and O–H groups in total. The number of rotatable bonds is 18. The van der Waals surface area contributed by atoms with Crippen molar-refractivity contribution in [3.8, 4) is 6.26 Å². The van der Waals surface area contributed by atoms with E-state index >= 15 is 0 Å². The summed E-state index contributed by atoms with van der Waals surface area (Å²) in [4.78, 5) is 37.3. The minimum atomic E-state index is -0.944. The first-order valence-corrected chi connectivity index (χ1v) is 9.21. The van der Waals surface area contributed by atoms with Gasteiger partial charge >= 0.3 is 11.9 Å². The van der Waals surface area contributed by atoms with E-state index in [0.717, 1.165) is 0 Å². The minimum Gasteiger partial charge on any atom is -0.464 e. The summed E-state index contributed by atoms with van der Waals surface area (Å²) in [5.74, 6) is -1.06. The van der Waals surface area contributed by atoms with Crippen LogP contribution in [0.15, 0.2) is 4.99 Å². The number of aliphatic imine (C=N–C) groups is 1. The smallest absolute Gasteiger partial charge is 0.331 e. The Morgan fingerprint density at radius 1 is 0.964 bits per heavy atom. The van der Waals surface area contributed by atoms with E-state index in [2.05, 4.69) is 9.73 Å². The number of carbonyl (C=O) groups is 2. The second-order valence-corrected chi connectivity index (χ2v) is 5.47. The Balaban J connectivity index is 3.79. The van der Waals surface area contributed by atoms with Crippen molar-refractivity contribution in [2.75, 3.05) is 46.2 Å². The molecule has 158 valence electrons. The lowest BCUT2D eigenvalue weighted by molar-refractivity contribution is -0.149. The van der Waals surface area contributed by atoms with Crippen molar-refractivity contribution in [3.05, 3.63) is 0 Å². The molecule has 10 nitrogen and oxygen atoms in total. The van der Waals surface area contributed by atoms with Crippen molar-refractivity contribution in [1.29, 1.82) is 5.26 Å². The van der Waals surface area contributed by atoms with E-state index in [9.17, 15) is 14.4 Å². The Labute approximate surface area is 164 Å². The summed E-state index contributed by atoms with van der Waals surface area (Å²) in [6.07, 6.45) is 4.66. The quantitative estimate of drug-likeness (QED) is 0.110. The number of ether oxygens (including phenoxy) is 5. The third-order valence-corrected chi connectivity index (χ3v) is 3.36. The molecule has 0 aliphatic rings. The van der Waals surface area contributed by atoms with Gasteiger partial charge in [-0.05, 0) is 32.6 Å². The summed E-state index contributed by atoms with van der Waals surface area (Å²) in [6.45, 7) is 4.15. The molecule has 0 amide bonds. The molecule has 0 radical (unpaired) electrons. The molecule has 0 saturated carbocycles. The van der Waals surface area contributed by atoms with Crippen molar-refractivity contribution < 1.29 is 38.1 Å². The molecule has 10 heteroatoms. The van der Waals surface area contributed by atoms with Gasteiger partial charge in [-0.2, -0.15) is 10.3 Å². The van der Waals surface area contributed by atoms with Crippen molar-refractivity contribution in [1.82, 2.24) is 0 Å². The molecule has 0 fully saturated rings. The van der Waals surface area contributed by atoms with E-state index in [1.165, 1.54) is 6.08 Å². The lowest BCUT2D eigenvalue weighted by atomic mass is 10.1. The van der Waals surface area contributed by atoms with Crippen LogP contribution in [0.1, 0.15) is 39.0 Å². The molecule has 0 aromatic carbocycles. The summed E-state index contributed by atoms with van der Waals surface area (Å²) in [5.41, 5.74) is 0. The van der Waals surface area contributed by atoms with E-state index in [0.29, 0.717) is 45.7 Å². The van der Waals surface area contributed by atoms with Crippen molar-refractivity contribution >= 4 is 18.0 Å². The number of isocyanates is 1. The first kappa shape index (κ1) is 25.5. The molecule has 1 atom stereocenters. The van der Waals surface area contributed by atoms with Crippen LogP contribution in [-0.2, 0) is 38.1 Å². The van der Waals surface area contributed by atoms with Crippen LogP contribution in [0.3, 0.4) is 0 Å². The first-order chi connectivity index (χ1) is 13.7. The van der Waals surface area contributed by atoms with Gasteiger partial charge in [-0.1, -0.05) is 0 Å². The highest BCUT2D eigenvalue weighted by Crippen LogP contribution is 2.07. The fourth-order valence-electron chi connectivity index (χ4n) is 1.99. The molecule has 0 aliphatic heterocycles.